The highest BCUT2D eigenvalue weighted by Crippen LogP contribution is 2.14. The van der Waals surface area contributed by atoms with Crippen LogP contribution in [0.4, 0.5) is 0 Å². The maximum Gasteiger partial charge on any atom is 0.234 e. The number of nitrogens with one attached hydrogen (secondary N) is 1. The number of hydrogen-bond acceptors (Lipinski definition) is 3. The van der Waals surface area contributed by atoms with E-state index in [1.54, 1.807) is 0 Å². The van der Waals surface area contributed by atoms with Crippen LogP contribution in [0.2, 0.25) is 5.02 Å². The van der Waals surface area contributed by atoms with Crippen LogP contribution in [0.15, 0.2) is 24.3 Å². The second-order valence-electron chi connectivity index (χ2n) is 5.77. The molecule has 0 spiro atoms. The van der Waals surface area contributed by atoms with Crippen LogP contribution in [0.25, 0.3) is 0 Å². The molecule has 4 nitrogen and oxygen atoms in total. The third kappa shape index (κ3) is 4.99. The molecule has 1 aliphatic rings. The van der Waals surface area contributed by atoms with Gasteiger partial charge in [0.25, 0.3) is 0 Å². The third-order valence-electron chi connectivity index (χ3n) is 3.94. The van der Waals surface area contributed by atoms with Crippen LogP contribution in [0.5, 0.6) is 0 Å². The topological polar surface area (TPSA) is 35.6 Å². The van der Waals surface area contributed by atoms with Gasteiger partial charge in [0.2, 0.25) is 5.91 Å². The summed E-state index contributed by atoms with van der Waals surface area (Å²) in [5.41, 5.74) is 0.956. The molecule has 0 radical (unpaired) electrons. The van der Waals surface area contributed by atoms with Crippen LogP contribution >= 0.6 is 11.6 Å². The lowest BCUT2D eigenvalue weighted by Gasteiger charge is -2.36. The van der Waals surface area contributed by atoms with Gasteiger partial charge >= 0.3 is 0 Å². The van der Waals surface area contributed by atoms with Gasteiger partial charge < -0.3 is 5.32 Å². The maximum atomic E-state index is 12.0. The smallest absolute Gasteiger partial charge is 0.234 e. The van der Waals surface area contributed by atoms with Gasteiger partial charge in [0.1, 0.15) is 0 Å². The summed E-state index contributed by atoms with van der Waals surface area (Å²) in [6.45, 7) is 9.37. The Balaban J connectivity index is 1.72. The molecule has 1 amide bonds. The predicted molar refractivity (Wildman–Crippen MR) is 86.4 cm³/mol. The maximum absolute atomic E-state index is 12.0. The minimum Gasteiger partial charge on any atom is -0.351 e. The van der Waals surface area contributed by atoms with Crippen LogP contribution in [-0.4, -0.2) is 54.5 Å². The van der Waals surface area contributed by atoms with Crippen LogP contribution in [0, 0.1) is 0 Å². The SMILES string of the molecule is CC(C)N1CCN(CC(=O)NCc2ccccc2Cl)CC1. The van der Waals surface area contributed by atoms with E-state index in [0.717, 1.165) is 31.7 Å². The first-order chi connectivity index (χ1) is 10.1. The van der Waals surface area contributed by atoms with E-state index in [9.17, 15) is 4.79 Å². The largest absolute Gasteiger partial charge is 0.351 e. The number of carbonyl (C=O) groups excluding carboxylic acids is 1. The Bertz CT molecular complexity index is 470. The Hall–Kier alpha value is -1.10. The normalized spacial score (nSPS) is 17.1. The highest BCUT2D eigenvalue weighted by Gasteiger charge is 2.20. The van der Waals surface area contributed by atoms with Gasteiger partial charge in [0.05, 0.1) is 6.54 Å². The first-order valence-corrected chi connectivity index (χ1v) is 7.90. The second kappa shape index (κ2) is 7.78. The summed E-state index contributed by atoms with van der Waals surface area (Å²) in [5, 5.41) is 3.64. The zero-order valence-electron chi connectivity index (χ0n) is 12.8. The lowest BCUT2D eigenvalue weighted by molar-refractivity contribution is -0.122. The van der Waals surface area contributed by atoms with Crippen molar-refractivity contribution < 1.29 is 4.79 Å². The molecule has 0 saturated carbocycles. The molecule has 1 aromatic carbocycles. The van der Waals surface area contributed by atoms with E-state index >= 15 is 0 Å². The van der Waals surface area contributed by atoms with E-state index in [1.165, 1.54) is 0 Å². The molecular weight excluding hydrogens is 286 g/mol. The molecule has 116 valence electrons. The second-order valence-corrected chi connectivity index (χ2v) is 6.18. The number of halogens is 1. The van der Waals surface area contributed by atoms with Crippen LogP contribution in [0.3, 0.4) is 0 Å². The fourth-order valence-corrected chi connectivity index (χ4v) is 2.73. The van der Waals surface area contributed by atoms with E-state index in [1.807, 2.05) is 24.3 Å². The van der Waals surface area contributed by atoms with E-state index in [-0.39, 0.29) is 5.91 Å². The van der Waals surface area contributed by atoms with Gasteiger partial charge in [-0.2, -0.15) is 0 Å². The Morgan fingerprint density at radius 2 is 1.90 bits per heavy atom. The molecule has 0 unspecified atom stereocenters. The van der Waals surface area contributed by atoms with Gasteiger partial charge in [-0.15, -0.1) is 0 Å². The minimum absolute atomic E-state index is 0.0629. The molecule has 21 heavy (non-hydrogen) atoms. The summed E-state index contributed by atoms with van der Waals surface area (Å²) in [6, 6.07) is 8.18. The number of piperazine rings is 1. The van der Waals surface area contributed by atoms with Gasteiger partial charge in [-0.3, -0.25) is 14.6 Å². The summed E-state index contributed by atoms with van der Waals surface area (Å²) in [6.07, 6.45) is 0. The lowest BCUT2D eigenvalue weighted by atomic mass is 10.2. The average molecular weight is 310 g/mol. The van der Waals surface area contributed by atoms with Crippen LogP contribution in [0.1, 0.15) is 19.4 Å². The zero-order chi connectivity index (χ0) is 15.2. The molecule has 0 aromatic heterocycles. The standard InChI is InChI=1S/C16H24ClN3O/c1-13(2)20-9-7-19(8-10-20)12-16(21)18-11-14-5-3-4-6-15(14)17/h3-6,13H,7-12H2,1-2H3,(H,18,21). The summed E-state index contributed by atoms with van der Waals surface area (Å²) < 4.78 is 0. The monoisotopic (exact) mass is 309 g/mol. The molecular formula is C16H24ClN3O. The summed E-state index contributed by atoms with van der Waals surface area (Å²) in [5.74, 6) is 0.0629. The molecule has 1 aliphatic heterocycles. The van der Waals surface area contributed by atoms with Crippen molar-refractivity contribution in [1.82, 2.24) is 15.1 Å². The number of amides is 1. The van der Waals surface area contributed by atoms with Crippen molar-refractivity contribution in [1.29, 1.82) is 0 Å². The van der Waals surface area contributed by atoms with Crippen molar-refractivity contribution >= 4 is 17.5 Å². The fraction of sp³-hybridized carbons (Fsp3) is 0.562. The molecule has 0 bridgehead atoms. The summed E-state index contributed by atoms with van der Waals surface area (Å²) in [4.78, 5) is 16.7. The van der Waals surface area contributed by atoms with Gasteiger partial charge in [-0.1, -0.05) is 29.8 Å². The number of carbonyl (C=O) groups is 1. The number of hydrogen-bond donors (Lipinski definition) is 1. The minimum atomic E-state index is 0.0629. The average Bonchev–Trinajstić information content (AvgIpc) is 2.47. The first kappa shape index (κ1) is 16.3. The van der Waals surface area contributed by atoms with Crippen molar-refractivity contribution in [2.75, 3.05) is 32.7 Å². The quantitative estimate of drug-likeness (QED) is 0.903. The molecule has 5 heteroatoms. The van der Waals surface area contributed by atoms with Crippen molar-refractivity contribution in [2.45, 2.75) is 26.4 Å². The fourth-order valence-electron chi connectivity index (χ4n) is 2.53. The molecule has 2 rings (SSSR count). The first-order valence-electron chi connectivity index (χ1n) is 7.53. The predicted octanol–water partition coefficient (Wildman–Crippen LogP) is 1.98. The summed E-state index contributed by atoms with van der Waals surface area (Å²) >= 11 is 6.08. The van der Waals surface area contributed by atoms with Gasteiger partial charge in [-0.25, -0.2) is 0 Å². The van der Waals surface area contributed by atoms with Crippen LogP contribution in [-0.2, 0) is 11.3 Å². The number of rotatable bonds is 5. The van der Waals surface area contributed by atoms with Crippen molar-refractivity contribution in [2.24, 2.45) is 0 Å². The Kier molecular flexibility index (Phi) is 6.03. The molecule has 0 aliphatic carbocycles. The molecule has 1 aromatic rings. The molecule has 1 saturated heterocycles. The van der Waals surface area contributed by atoms with E-state index < -0.39 is 0 Å². The molecule has 1 N–H and O–H groups in total. The summed E-state index contributed by atoms with van der Waals surface area (Å²) in [7, 11) is 0. The van der Waals surface area contributed by atoms with Gasteiger partial charge in [-0.05, 0) is 25.5 Å². The van der Waals surface area contributed by atoms with Crippen LogP contribution < -0.4 is 5.32 Å². The molecule has 1 fully saturated rings. The van der Waals surface area contributed by atoms with E-state index in [0.29, 0.717) is 24.2 Å². The van der Waals surface area contributed by atoms with Crippen molar-refractivity contribution in [3.8, 4) is 0 Å². The van der Waals surface area contributed by atoms with E-state index in [2.05, 4.69) is 29.0 Å². The van der Waals surface area contributed by atoms with Crippen molar-refractivity contribution in [3.63, 3.8) is 0 Å². The van der Waals surface area contributed by atoms with Crippen molar-refractivity contribution in [3.05, 3.63) is 34.9 Å². The number of nitrogens with zero attached hydrogens (tertiary/aromatic N) is 2. The molecule has 1 heterocycles. The Morgan fingerprint density at radius 3 is 2.52 bits per heavy atom. The van der Waals surface area contributed by atoms with Gasteiger partial charge in [0, 0.05) is 43.8 Å². The Labute approximate surface area is 132 Å². The zero-order valence-corrected chi connectivity index (χ0v) is 13.6. The van der Waals surface area contributed by atoms with Gasteiger partial charge in [0.15, 0.2) is 0 Å². The highest BCUT2D eigenvalue weighted by molar-refractivity contribution is 6.31. The lowest BCUT2D eigenvalue weighted by Crippen LogP contribution is -2.51. The third-order valence-corrected chi connectivity index (χ3v) is 4.31. The molecule has 0 atom stereocenters. The number of benzene rings is 1. The highest BCUT2D eigenvalue weighted by atomic mass is 35.5. The Morgan fingerprint density at radius 1 is 1.24 bits per heavy atom. The van der Waals surface area contributed by atoms with E-state index in [4.69, 9.17) is 11.6 Å².